The highest BCUT2D eigenvalue weighted by Crippen LogP contribution is 2.33. The van der Waals surface area contributed by atoms with Crippen molar-refractivity contribution in [2.75, 3.05) is 17.6 Å². The molecule has 0 radical (unpaired) electrons. The van der Waals surface area contributed by atoms with Gasteiger partial charge in [-0.25, -0.2) is 24.0 Å². The quantitative estimate of drug-likeness (QED) is 0.281. The summed E-state index contributed by atoms with van der Waals surface area (Å²) in [5, 5.41) is 8.24. The SMILES string of the molecule is Cc1nn(C)c(O[C@@H](C)CCNc2cc(Cl)ncc2-c2ccc(C(C)(C)F)cn2)c1-c1nccc(N)n1. The second-order valence-electron chi connectivity index (χ2n) is 9.30. The lowest BCUT2D eigenvalue weighted by atomic mass is 10.0. The zero-order chi connectivity index (χ0) is 26.7. The highest BCUT2D eigenvalue weighted by Gasteiger charge is 2.22. The second kappa shape index (κ2) is 10.7. The van der Waals surface area contributed by atoms with Gasteiger partial charge in [-0.05, 0) is 45.9 Å². The molecule has 4 rings (SSSR count). The van der Waals surface area contributed by atoms with Crippen LogP contribution in [0.5, 0.6) is 5.88 Å². The van der Waals surface area contributed by atoms with Gasteiger partial charge in [-0.15, -0.1) is 0 Å². The summed E-state index contributed by atoms with van der Waals surface area (Å²) in [6.07, 6.45) is 5.32. The fourth-order valence-corrected chi connectivity index (χ4v) is 4.03. The summed E-state index contributed by atoms with van der Waals surface area (Å²) in [5.74, 6) is 1.42. The Bertz CT molecular complexity index is 1380. The lowest BCUT2D eigenvalue weighted by Crippen LogP contribution is -2.19. The van der Waals surface area contributed by atoms with Crippen LogP contribution in [0.25, 0.3) is 22.6 Å². The van der Waals surface area contributed by atoms with E-state index < -0.39 is 5.67 Å². The largest absolute Gasteiger partial charge is 0.474 e. The fraction of sp³-hybridized carbons (Fsp3) is 0.346. The summed E-state index contributed by atoms with van der Waals surface area (Å²) in [6.45, 7) is 7.45. The average molecular weight is 525 g/mol. The average Bonchev–Trinajstić information content (AvgIpc) is 3.11. The van der Waals surface area contributed by atoms with Crippen molar-refractivity contribution in [3.8, 4) is 28.5 Å². The molecule has 0 saturated carbocycles. The van der Waals surface area contributed by atoms with E-state index in [2.05, 4.69) is 30.4 Å². The third-order valence-corrected chi connectivity index (χ3v) is 6.05. The van der Waals surface area contributed by atoms with E-state index in [1.165, 1.54) is 13.8 Å². The van der Waals surface area contributed by atoms with Gasteiger partial charge >= 0.3 is 0 Å². The summed E-state index contributed by atoms with van der Waals surface area (Å²) in [5.41, 5.74) is 8.57. The number of halogens is 2. The molecule has 0 bridgehead atoms. The highest BCUT2D eigenvalue weighted by molar-refractivity contribution is 6.29. The zero-order valence-corrected chi connectivity index (χ0v) is 22.2. The molecule has 0 fully saturated rings. The van der Waals surface area contributed by atoms with Gasteiger partial charge in [0.05, 0.1) is 17.5 Å². The molecule has 1 atom stereocenters. The van der Waals surface area contributed by atoms with Crippen LogP contribution in [0.2, 0.25) is 5.15 Å². The maximum atomic E-state index is 14.2. The minimum atomic E-state index is -1.47. The van der Waals surface area contributed by atoms with E-state index in [4.69, 9.17) is 22.1 Å². The Labute approximate surface area is 220 Å². The summed E-state index contributed by atoms with van der Waals surface area (Å²) < 4.78 is 22.2. The number of nitrogens with two attached hydrogens (primary N) is 1. The van der Waals surface area contributed by atoms with Crippen LogP contribution in [-0.4, -0.2) is 42.4 Å². The minimum absolute atomic E-state index is 0.160. The number of hydrogen-bond acceptors (Lipinski definition) is 8. The van der Waals surface area contributed by atoms with Crippen LogP contribution < -0.4 is 15.8 Å². The van der Waals surface area contributed by atoms with Gasteiger partial charge in [-0.3, -0.25) is 4.98 Å². The number of anilines is 2. The van der Waals surface area contributed by atoms with Crippen molar-refractivity contribution in [1.29, 1.82) is 0 Å². The fourth-order valence-electron chi connectivity index (χ4n) is 3.87. The van der Waals surface area contributed by atoms with E-state index in [-0.39, 0.29) is 6.10 Å². The Morgan fingerprint density at radius 2 is 1.97 bits per heavy atom. The molecule has 0 unspecified atom stereocenters. The van der Waals surface area contributed by atoms with Crippen molar-refractivity contribution >= 4 is 23.1 Å². The van der Waals surface area contributed by atoms with Crippen LogP contribution in [-0.2, 0) is 12.7 Å². The lowest BCUT2D eigenvalue weighted by Gasteiger charge is -2.18. The van der Waals surface area contributed by atoms with Gasteiger partial charge in [0.15, 0.2) is 5.82 Å². The maximum absolute atomic E-state index is 14.2. The first-order valence-corrected chi connectivity index (χ1v) is 12.2. The number of hydrogen-bond donors (Lipinski definition) is 2. The number of aryl methyl sites for hydroxylation is 2. The van der Waals surface area contributed by atoms with Crippen LogP contribution in [0.15, 0.2) is 42.9 Å². The molecule has 4 aromatic heterocycles. The molecule has 11 heteroatoms. The van der Waals surface area contributed by atoms with Crippen LogP contribution >= 0.6 is 11.6 Å². The van der Waals surface area contributed by atoms with Crippen molar-refractivity contribution in [3.63, 3.8) is 0 Å². The first-order chi connectivity index (χ1) is 17.5. The van der Waals surface area contributed by atoms with E-state index in [9.17, 15) is 4.39 Å². The minimum Gasteiger partial charge on any atom is -0.474 e. The Morgan fingerprint density at radius 1 is 1.19 bits per heavy atom. The first kappa shape index (κ1) is 26.3. The molecular formula is C26H30ClFN8O. The summed E-state index contributed by atoms with van der Waals surface area (Å²) in [7, 11) is 1.82. The Kier molecular flexibility index (Phi) is 7.58. The van der Waals surface area contributed by atoms with Gasteiger partial charge < -0.3 is 15.8 Å². The number of alkyl halides is 1. The van der Waals surface area contributed by atoms with Crippen LogP contribution in [0.4, 0.5) is 15.9 Å². The Balaban J connectivity index is 1.46. The van der Waals surface area contributed by atoms with E-state index >= 15 is 0 Å². The van der Waals surface area contributed by atoms with Gasteiger partial charge in [0, 0.05) is 55.4 Å². The van der Waals surface area contributed by atoms with Gasteiger partial charge in [0.25, 0.3) is 0 Å². The number of ether oxygens (including phenoxy) is 1. The van der Waals surface area contributed by atoms with Crippen molar-refractivity contribution in [3.05, 3.63) is 59.3 Å². The van der Waals surface area contributed by atoms with E-state index in [0.717, 1.165) is 16.9 Å². The molecule has 0 aliphatic rings. The van der Waals surface area contributed by atoms with Gasteiger partial charge in [0.1, 0.15) is 22.2 Å². The predicted octanol–water partition coefficient (Wildman–Crippen LogP) is 5.35. The molecule has 0 spiro atoms. The predicted molar refractivity (Wildman–Crippen MR) is 143 cm³/mol. The summed E-state index contributed by atoms with van der Waals surface area (Å²) in [4.78, 5) is 17.3. The van der Waals surface area contributed by atoms with Crippen LogP contribution in [0.1, 0.15) is 38.4 Å². The molecule has 0 aromatic carbocycles. The molecule has 0 saturated heterocycles. The van der Waals surface area contributed by atoms with Crippen molar-refractivity contribution < 1.29 is 9.13 Å². The maximum Gasteiger partial charge on any atom is 0.223 e. The third kappa shape index (κ3) is 6.14. The zero-order valence-electron chi connectivity index (χ0n) is 21.5. The number of nitrogens with zero attached hydrogens (tertiary/aromatic N) is 6. The van der Waals surface area contributed by atoms with Crippen molar-refractivity contribution in [1.82, 2.24) is 29.7 Å². The normalized spacial score (nSPS) is 12.4. The second-order valence-corrected chi connectivity index (χ2v) is 9.68. The number of pyridine rings is 2. The standard InChI is InChI=1S/C26H30ClFN8O/c1-15(37-25-23(16(2)35-36(25)5)24-31-11-9-22(29)34-24)8-10-30-20-12-21(27)33-14-18(20)19-7-6-17(13-32-19)26(3,4)28/h6-7,9,11-15H,8,10H2,1-5H3,(H,30,33)(H2,29,31,34)/t15-/m0/s1. The summed E-state index contributed by atoms with van der Waals surface area (Å²) in [6, 6.07) is 6.89. The number of rotatable bonds is 9. The molecule has 0 aliphatic heterocycles. The van der Waals surface area contributed by atoms with Gasteiger partial charge in [-0.1, -0.05) is 17.7 Å². The topological polar surface area (TPSA) is 117 Å². The number of nitrogens with one attached hydrogen (secondary N) is 1. The van der Waals surface area contributed by atoms with Crippen molar-refractivity contribution in [2.45, 2.75) is 45.9 Å². The molecule has 9 nitrogen and oxygen atoms in total. The molecule has 194 valence electrons. The highest BCUT2D eigenvalue weighted by atomic mass is 35.5. The van der Waals surface area contributed by atoms with Gasteiger partial charge in [-0.2, -0.15) is 5.10 Å². The molecule has 3 N–H and O–H groups in total. The monoisotopic (exact) mass is 524 g/mol. The van der Waals surface area contributed by atoms with E-state index in [1.807, 2.05) is 20.9 Å². The molecule has 4 aromatic rings. The molecule has 4 heterocycles. The van der Waals surface area contributed by atoms with Gasteiger partial charge in [0.2, 0.25) is 5.88 Å². The molecule has 0 amide bonds. The molecule has 37 heavy (non-hydrogen) atoms. The molecular weight excluding hydrogens is 495 g/mol. The first-order valence-electron chi connectivity index (χ1n) is 11.9. The van der Waals surface area contributed by atoms with E-state index in [1.54, 1.807) is 47.5 Å². The smallest absolute Gasteiger partial charge is 0.223 e. The Morgan fingerprint density at radius 3 is 2.65 bits per heavy atom. The third-order valence-electron chi connectivity index (χ3n) is 5.85. The summed E-state index contributed by atoms with van der Waals surface area (Å²) >= 11 is 6.17. The van der Waals surface area contributed by atoms with Crippen LogP contribution in [0.3, 0.4) is 0 Å². The lowest BCUT2D eigenvalue weighted by molar-refractivity contribution is 0.198. The van der Waals surface area contributed by atoms with E-state index in [0.29, 0.717) is 52.5 Å². The Hall–Kier alpha value is -3.79. The molecule has 0 aliphatic carbocycles. The van der Waals surface area contributed by atoms with Crippen molar-refractivity contribution in [2.24, 2.45) is 7.05 Å². The van der Waals surface area contributed by atoms with Crippen LogP contribution in [0, 0.1) is 6.92 Å². The number of nitrogen functional groups attached to an aromatic ring is 1. The number of aromatic nitrogens is 6.